The van der Waals surface area contributed by atoms with E-state index in [9.17, 15) is 4.79 Å². The predicted octanol–water partition coefficient (Wildman–Crippen LogP) is 4.10. The molecule has 0 aliphatic carbocycles. The van der Waals surface area contributed by atoms with Crippen molar-refractivity contribution in [3.63, 3.8) is 0 Å². The molecule has 0 saturated carbocycles. The van der Waals surface area contributed by atoms with Crippen molar-refractivity contribution in [1.82, 2.24) is 19.9 Å². The van der Waals surface area contributed by atoms with Gasteiger partial charge in [0.1, 0.15) is 5.76 Å². The van der Waals surface area contributed by atoms with E-state index >= 15 is 0 Å². The number of aromatic amines is 1. The molecule has 158 valence electrons. The Kier molecular flexibility index (Phi) is 6.03. The lowest BCUT2D eigenvalue weighted by Gasteiger charge is -2.09. The van der Waals surface area contributed by atoms with Gasteiger partial charge in [-0.2, -0.15) is 0 Å². The molecular weight excluding hydrogens is 416 g/mol. The van der Waals surface area contributed by atoms with Crippen molar-refractivity contribution in [2.45, 2.75) is 17.8 Å². The fourth-order valence-corrected chi connectivity index (χ4v) is 3.91. The van der Waals surface area contributed by atoms with E-state index < -0.39 is 0 Å². The van der Waals surface area contributed by atoms with E-state index in [4.69, 9.17) is 13.9 Å². The Labute approximate surface area is 182 Å². The quantitative estimate of drug-likeness (QED) is 0.341. The van der Waals surface area contributed by atoms with E-state index in [2.05, 4.69) is 19.9 Å². The minimum absolute atomic E-state index is 0.227. The van der Waals surface area contributed by atoms with Gasteiger partial charge in [0.25, 0.3) is 5.56 Å². The van der Waals surface area contributed by atoms with Gasteiger partial charge in [0, 0.05) is 29.8 Å². The van der Waals surface area contributed by atoms with Crippen molar-refractivity contribution in [2.24, 2.45) is 0 Å². The summed E-state index contributed by atoms with van der Waals surface area (Å²) in [6.45, 7) is 1.85. The second-order valence-corrected chi connectivity index (χ2v) is 7.49. The number of benzene rings is 1. The van der Waals surface area contributed by atoms with Gasteiger partial charge in [0.15, 0.2) is 16.7 Å². The van der Waals surface area contributed by atoms with E-state index in [-0.39, 0.29) is 5.56 Å². The predicted molar refractivity (Wildman–Crippen MR) is 117 cm³/mol. The summed E-state index contributed by atoms with van der Waals surface area (Å²) in [7, 11) is 3.16. The first-order valence-corrected chi connectivity index (χ1v) is 10.4. The highest BCUT2D eigenvalue weighted by atomic mass is 32.2. The van der Waals surface area contributed by atoms with Gasteiger partial charge in [0.05, 0.1) is 31.2 Å². The molecule has 4 rings (SSSR count). The molecule has 9 heteroatoms. The summed E-state index contributed by atoms with van der Waals surface area (Å²) in [6.07, 6.45) is 3.35. The SMILES string of the molecule is COc1cccc(-c2nc(CSc3nc(-c4cccnc4)cc(=O)[nH]3)c(C)o2)c1OC. The summed E-state index contributed by atoms with van der Waals surface area (Å²) in [5, 5.41) is 0.495. The molecule has 0 aliphatic heterocycles. The molecule has 0 fully saturated rings. The van der Waals surface area contributed by atoms with Crippen molar-refractivity contribution in [2.75, 3.05) is 14.2 Å². The van der Waals surface area contributed by atoms with E-state index in [1.165, 1.54) is 17.8 Å². The molecule has 0 saturated heterocycles. The maximum absolute atomic E-state index is 12.1. The maximum atomic E-state index is 12.1. The molecule has 1 N–H and O–H groups in total. The fourth-order valence-electron chi connectivity index (χ4n) is 3.04. The molecule has 1 aromatic carbocycles. The number of methoxy groups -OCH3 is 2. The zero-order valence-electron chi connectivity index (χ0n) is 17.2. The van der Waals surface area contributed by atoms with Crippen molar-refractivity contribution < 1.29 is 13.9 Å². The number of pyridine rings is 1. The number of thioether (sulfide) groups is 1. The van der Waals surface area contributed by atoms with Crippen LogP contribution in [-0.2, 0) is 5.75 Å². The van der Waals surface area contributed by atoms with Crippen LogP contribution in [0.3, 0.4) is 0 Å². The van der Waals surface area contributed by atoms with Crippen LogP contribution in [0.1, 0.15) is 11.5 Å². The maximum Gasteiger partial charge on any atom is 0.252 e. The third-order valence-electron chi connectivity index (χ3n) is 4.55. The molecular formula is C22H20N4O4S. The summed E-state index contributed by atoms with van der Waals surface area (Å²) in [6, 6.07) is 10.6. The number of aromatic nitrogens is 4. The number of ether oxygens (including phenoxy) is 2. The van der Waals surface area contributed by atoms with Gasteiger partial charge in [-0.3, -0.25) is 9.78 Å². The number of nitrogens with one attached hydrogen (secondary N) is 1. The molecule has 8 nitrogen and oxygen atoms in total. The molecule has 0 unspecified atom stereocenters. The van der Waals surface area contributed by atoms with Gasteiger partial charge in [-0.05, 0) is 31.2 Å². The van der Waals surface area contributed by atoms with Crippen molar-refractivity contribution >= 4 is 11.8 Å². The van der Waals surface area contributed by atoms with Gasteiger partial charge >= 0.3 is 0 Å². The second-order valence-electron chi connectivity index (χ2n) is 6.53. The van der Waals surface area contributed by atoms with Crippen LogP contribution in [0.2, 0.25) is 0 Å². The highest BCUT2D eigenvalue weighted by Crippen LogP contribution is 2.38. The number of H-pyrrole nitrogens is 1. The Balaban J connectivity index is 1.58. The van der Waals surface area contributed by atoms with Crippen LogP contribution in [0, 0.1) is 6.92 Å². The number of nitrogens with zero attached hydrogens (tertiary/aromatic N) is 3. The smallest absolute Gasteiger partial charge is 0.252 e. The van der Waals surface area contributed by atoms with Gasteiger partial charge in [-0.25, -0.2) is 9.97 Å². The van der Waals surface area contributed by atoms with Gasteiger partial charge in [-0.1, -0.05) is 17.8 Å². The molecule has 3 heterocycles. The van der Waals surface area contributed by atoms with E-state index in [0.717, 1.165) is 11.3 Å². The Hall–Kier alpha value is -3.59. The topological polar surface area (TPSA) is 103 Å². The Morgan fingerprint density at radius 2 is 2.00 bits per heavy atom. The third-order valence-corrected chi connectivity index (χ3v) is 5.43. The largest absolute Gasteiger partial charge is 0.493 e. The van der Waals surface area contributed by atoms with Crippen LogP contribution >= 0.6 is 11.8 Å². The molecule has 3 aromatic heterocycles. The van der Waals surface area contributed by atoms with Gasteiger partial charge in [-0.15, -0.1) is 0 Å². The lowest BCUT2D eigenvalue weighted by molar-refractivity contribution is 0.355. The Morgan fingerprint density at radius 3 is 2.74 bits per heavy atom. The van der Waals surface area contributed by atoms with Crippen LogP contribution in [0.25, 0.3) is 22.7 Å². The average molecular weight is 436 g/mol. The van der Waals surface area contributed by atoms with E-state index in [1.807, 2.05) is 31.2 Å². The first-order chi connectivity index (χ1) is 15.1. The lowest BCUT2D eigenvalue weighted by Crippen LogP contribution is -2.08. The highest BCUT2D eigenvalue weighted by Gasteiger charge is 2.18. The first kappa shape index (κ1) is 20.7. The van der Waals surface area contributed by atoms with Gasteiger partial charge < -0.3 is 18.9 Å². The third kappa shape index (κ3) is 4.46. The minimum atomic E-state index is -0.227. The second kappa shape index (κ2) is 9.05. The van der Waals surface area contributed by atoms with E-state index in [1.54, 1.807) is 32.7 Å². The molecule has 4 aromatic rings. The van der Waals surface area contributed by atoms with Crippen LogP contribution < -0.4 is 15.0 Å². The Bertz CT molecular complexity index is 1250. The molecule has 0 aliphatic rings. The van der Waals surface area contributed by atoms with Crippen LogP contribution in [0.5, 0.6) is 11.5 Å². The van der Waals surface area contributed by atoms with Crippen LogP contribution in [-0.4, -0.2) is 34.2 Å². The minimum Gasteiger partial charge on any atom is -0.493 e. The fraction of sp³-hybridized carbons (Fsp3) is 0.182. The molecule has 0 bridgehead atoms. The first-order valence-electron chi connectivity index (χ1n) is 9.41. The zero-order chi connectivity index (χ0) is 21.8. The summed E-state index contributed by atoms with van der Waals surface area (Å²) in [5.74, 6) is 2.75. The number of oxazole rings is 1. The lowest BCUT2D eigenvalue weighted by atomic mass is 10.2. The highest BCUT2D eigenvalue weighted by molar-refractivity contribution is 7.98. The summed E-state index contributed by atoms with van der Waals surface area (Å²) < 4.78 is 16.7. The zero-order valence-corrected chi connectivity index (χ0v) is 18.0. The number of hydrogen-bond donors (Lipinski definition) is 1. The summed E-state index contributed by atoms with van der Waals surface area (Å²) >= 11 is 1.37. The number of aryl methyl sites for hydroxylation is 1. The number of rotatable bonds is 7. The molecule has 31 heavy (non-hydrogen) atoms. The molecule has 0 amide bonds. The van der Waals surface area contributed by atoms with Gasteiger partial charge in [0.2, 0.25) is 5.89 Å². The van der Waals surface area contributed by atoms with Crippen molar-refractivity contribution in [3.05, 3.63) is 70.6 Å². The molecule has 0 atom stereocenters. The molecule has 0 radical (unpaired) electrons. The average Bonchev–Trinajstić information content (AvgIpc) is 3.17. The van der Waals surface area contributed by atoms with Crippen molar-refractivity contribution in [3.8, 4) is 34.2 Å². The van der Waals surface area contributed by atoms with Crippen molar-refractivity contribution in [1.29, 1.82) is 0 Å². The normalized spacial score (nSPS) is 10.8. The number of para-hydroxylation sites is 1. The summed E-state index contributed by atoms with van der Waals surface area (Å²) in [4.78, 5) is 28.1. The van der Waals surface area contributed by atoms with Crippen LogP contribution in [0.4, 0.5) is 0 Å². The standard InChI is InChI=1S/C22H20N4O4S/c1-13-17(24-21(30-13)15-7-4-8-18(28-2)20(15)29-3)12-31-22-25-16(10-19(27)26-22)14-6-5-9-23-11-14/h4-11H,12H2,1-3H3,(H,25,26,27). The monoisotopic (exact) mass is 436 g/mol. The summed E-state index contributed by atoms with van der Waals surface area (Å²) in [5.41, 5.74) is 2.57. The number of hydrogen-bond acceptors (Lipinski definition) is 8. The molecule has 0 spiro atoms. The Morgan fingerprint density at radius 1 is 1.13 bits per heavy atom. The van der Waals surface area contributed by atoms with Crippen LogP contribution in [0.15, 0.2) is 63.2 Å². The van der Waals surface area contributed by atoms with E-state index in [0.29, 0.717) is 45.3 Å².